The fourth-order valence-electron chi connectivity index (χ4n) is 4.56. The number of piperidine rings is 1. The van der Waals surface area contributed by atoms with Crippen LogP contribution in [0.1, 0.15) is 39.9 Å². The van der Waals surface area contributed by atoms with Crippen molar-refractivity contribution >= 4 is 29.1 Å². The molecule has 0 unspecified atom stereocenters. The number of nitrogens with two attached hydrogens (primary N) is 2. The number of H-pyrrole nitrogens is 1. The minimum atomic E-state index is -0.583. The van der Waals surface area contributed by atoms with Gasteiger partial charge >= 0.3 is 0 Å². The number of amides is 1. The minimum Gasteiger partial charge on any atom is -0.393 e. The molecule has 1 fully saturated rings. The highest BCUT2D eigenvalue weighted by Gasteiger charge is 2.20. The second-order valence-corrected chi connectivity index (χ2v) is 9.74. The van der Waals surface area contributed by atoms with Crippen molar-refractivity contribution in [3.63, 3.8) is 0 Å². The molecule has 6 N–H and O–H groups in total. The van der Waals surface area contributed by atoms with Crippen LogP contribution in [0.2, 0.25) is 5.02 Å². The maximum atomic E-state index is 12.3. The SMILES string of the molecule is Cc1ccc(Cl)cc1-c1[nH]c(-c2nc(N)ncc2C#Cc2ccc(N3CCC(O)CC3)cc2)cc1C(N)=O. The number of carbonyl (C=O) groups is 1. The fraction of sp³-hybridized carbons (Fsp3) is 0.207. The van der Waals surface area contributed by atoms with Gasteiger partial charge in [-0.15, -0.1) is 0 Å². The number of aromatic amines is 1. The van der Waals surface area contributed by atoms with Crippen LogP contribution in [0.5, 0.6) is 0 Å². The first-order chi connectivity index (χ1) is 18.3. The molecule has 192 valence electrons. The summed E-state index contributed by atoms with van der Waals surface area (Å²) in [6.45, 7) is 3.59. The highest BCUT2D eigenvalue weighted by atomic mass is 35.5. The zero-order valence-electron chi connectivity index (χ0n) is 20.8. The van der Waals surface area contributed by atoms with Gasteiger partial charge in [-0.1, -0.05) is 29.5 Å². The van der Waals surface area contributed by atoms with E-state index in [1.807, 2.05) is 37.3 Å². The number of halogens is 1. The Labute approximate surface area is 225 Å². The summed E-state index contributed by atoms with van der Waals surface area (Å²) in [5, 5.41) is 10.3. The van der Waals surface area contributed by atoms with E-state index in [2.05, 4.69) is 31.7 Å². The topological polar surface area (TPSA) is 134 Å². The molecule has 3 heterocycles. The number of hydrogen-bond donors (Lipinski definition) is 4. The van der Waals surface area contributed by atoms with Crippen molar-refractivity contribution in [3.8, 4) is 34.5 Å². The summed E-state index contributed by atoms with van der Waals surface area (Å²) in [4.78, 5) is 26.4. The average Bonchev–Trinajstić information content (AvgIpc) is 3.36. The lowest BCUT2D eigenvalue weighted by molar-refractivity contribution is 0.100. The molecule has 1 saturated heterocycles. The molecule has 4 aromatic rings. The van der Waals surface area contributed by atoms with Crippen LogP contribution in [-0.4, -0.2) is 45.2 Å². The minimum absolute atomic E-state index is 0.0808. The first-order valence-corrected chi connectivity index (χ1v) is 12.6. The summed E-state index contributed by atoms with van der Waals surface area (Å²) in [7, 11) is 0. The van der Waals surface area contributed by atoms with Gasteiger partial charge in [0.15, 0.2) is 0 Å². The first kappa shape index (κ1) is 25.3. The number of aliphatic hydroxyl groups excluding tert-OH is 1. The number of rotatable bonds is 4. The van der Waals surface area contributed by atoms with Gasteiger partial charge in [0.1, 0.15) is 5.69 Å². The number of primary amides is 1. The first-order valence-electron chi connectivity index (χ1n) is 12.3. The maximum Gasteiger partial charge on any atom is 0.250 e. The smallest absolute Gasteiger partial charge is 0.250 e. The standard InChI is InChI=1S/C29H27ClN6O2/c1-17-2-7-20(30)14-23(17)27-24(28(31)38)15-25(34-27)26-19(16-33-29(32)35-26)6-3-18-4-8-21(9-5-18)36-12-10-22(37)11-13-36/h2,4-5,7-9,14-16,22,34,37H,10-13H2,1H3,(H2,31,38)(H2,32,33,35). The van der Waals surface area contributed by atoms with Crippen LogP contribution in [0, 0.1) is 18.8 Å². The van der Waals surface area contributed by atoms with Crippen LogP contribution in [0.3, 0.4) is 0 Å². The Kier molecular flexibility index (Phi) is 7.05. The van der Waals surface area contributed by atoms with Crippen LogP contribution in [0.25, 0.3) is 22.6 Å². The number of nitrogens with one attached hydrogen (secondary N) is 1. The third-order valence-corrected chi connectivity index (χ3v) is 6.89. The Morgan fingerprint density at radius 3 is 2.58 bits per heavy atom. The maximum absolute atomic E-state index is 12.3. The third kappa shape index (κ3) is 5.35. The summed E-state index contributed by atoms with van der Waals surface area (Å²) in [5.41, 5.74) is 17.6. The van der Waals surface area contributed by atoms with E-state index in [1.54, 1.807) is 24.4 Å². The molecule has 0 bridgehead atoms. The van der Waals surface area contributed by atoms with E-state index in [1.165, 1.54) is 0 Å². The third-order valence-electron chi connectivity index (χ3n) is 6.65. The number of anilines is 2. The van der Waals surface area contributed by atoms with Crippen molar-refractivity contribution < 1.29 is 9.90 Å². The van der Waals surface area contributed by atoms with E-state index in [9.17, 15) is 9.90 Å². The zero-order valence-corrected chi connectivity index (χ0v) is 21.6. The van der Waals surface area contributed by atoms with E-state index in [0.29, 0.717) is 33.2 Å². The average molecular weight is 527 g/mol. The van der Waals surface area contributed by atoms with Gasteiger partial charge in [-0.3, -0.25) is 4.79 Å². The molecule has 8 nitrogen and oxygen atoms in total. The molecule has 2 aromatic carbocycles. The molecule has 9 heteroatoms. The molecule has 0 spiro atoms. The number of aryl methyl sites for hydroxylation is 1. The van der Waals surface area contributed by atoms with Crippen LogP contribution in [0.15, 0.2) is 54.7 Å². The van der Waals surface area contributed by atoms with Crippen LogP contribution >= 0.6 is 11.6 Å². The van der Waals surface area contributed by atoms with Crippen molar-refractivity contribution in [1.82, 2.24) is 15.0 Å². The molecule has 0 aliphatic carbocycles. The van der Waals surface area contributed by atoms with E-state index in [4.69, 9.17) is 23.1 Å². The Hall–Kier alpha value is -4.32. The molecule has 1 aliphatic heterocycles. The van der Waals surface area contributed by atoms with Gasteiger partial charge in [-0.25, -0.2) is 9.97 Å². The second-order valence-electron chi connectivity index (χ2n) is 9.30. The van der Waals surface area contributed by atoms with E-state index < -0.39 is 5.91 Å². The van der Waals surface area contributed by atoms with Gasteiger partial charge in [-0.05, 0) is 67.8 Å². The molecule has 1 amide bonds. The summed E-state index contributed by atoms with van der Waals surface area (Å²) < 4.78 is 0. The van der Waals surface area contributed by atoms with Crippen molar-refractivity contribution in [3.05, 3.63) is 82.0 Å². The van der Waals surface area contributed by atoms with E-state index in [0.717, 1.165) is 48.3 Å². The number of benzene rings is 2. The lowest BCUT2D eigenvalue weighted by Crippen LogP contribution is -2.35. The van der Waals surface area contributed by atoms with Crippen molar-refractivity contribution in [2.45, 2.75) is 25.9 Å². The number of hydrogen-bond acceptors (Lipinski definition) is 6. The summed E-state index contributed by atoms with van der Waals surface area (Å²) in [6, 6.07) is 15.1. The quantitative estimate of drug-likeness (QED) is 0.295. The predicted molar refractivity (Wildman–Crippen MR) is 150 cm³/mol. The molecular weight excluding hydrogens is 500 g/mol. The largest absolute Gasteiger partial charge is 0.393 e. The lowest BCUT2D eigenvalue weighted by Gasteiger charge is -2.31. The van der Waals surface area contributed by atoms with Crippen LogP contribution in [0.4, 0.5) is 11.6 Å². The number of carbonyl (C=O) groups excluding carboxylic acids is 1. The molecule has 0 radical (unpaired) electrons. The van der Waals surface area contributed by atoms with Gasteiger partial charge in [0.25, 0.3) is 5.91 Å². The summed E-state index contributed by atoms with van der Waals surface area (Å²) >= 11 is 6.23. The Morgan fingerprint density at radius 1 is 1.13 bits per heavy atom. The number of aliphatic hydroxyl groups is 1. The van der Waals surface area contributed by atoms with E-state index in [-0.39, 0.29) is 12.1 Å². The van der Waals surface area contributed by atoms with E-state index >= 15 is 0 Å². The summed E-state index contributed by atoms with van der Waals surface area (Å²) in [5.74, 6) is 5.81. The molecule has 0 atom stereocenters. The van der Waals surface area contributed by atoms with Crippen molar-refractivity contribution in [2.24, 2.45) is 5.73 Å². The Bertz CT molecular complexity index is 1560. The lowest BCUT2D eigenvalue weighted by atomic mass is 10.0. The van der Waals surface area contributed by atoms with Gasteiger partial charge < -0.3 is 26.5 Å². The molecule has 38 heavy (non-hydrogen) atoms. The Balaban J connectivity index is 1.49. The van der Waals surface area contributed by atoms with Gasteiger partial charge in [0.05, 0.1) is 28.6 Å². The van der Waals surface area contributed by atoms with Crippen molar-refractivity contribution in [2.75, 3.05) is 23.7 Å². The fourth-order valence-corrected chi connectivity index (χ4v) is 4.74. The molecule has 2 aromatic heterocycles. The monoisotopic (exact) mass is 526 g/mol. The Morgan fingerprint density at radius 2 is 1.87 bits per heavy atom. The number of aromatic nitrogens is 3. The molecule has 0 saturated carbocycles. The zero-order chi connectivity index (χ0) is 26.8. The normalized spacial score (nSPS) is 13.7. The second kappa shape index (κ2) is 10.6. The number of nitrogen functional groups attached to an aromatic ring is 1. The molecule has 5 rings (SSSR count). The van der Waals surface area contributed by atoms with Gasteiger partial charge in [0.2, 0.25) is 5.95 Å². The van der Waals surface area contributed by atoms with Crippen LogP contribution in [-0.2, 0) is 0 Å². The highest BCUT2D eigenvalue weighted by molar-refractivity contribution is 6.31. The summed E-state index contributed by atoms with van der Waals surface area (Å²) in [6.07, 6.45) is 2.90. The van der Waals surface area contributed by atoms with Crippen LogP contribution < -0.4 is 16.4 Å². The van der Waals surface area contributed by atoms with Crippen molar-refractivity contribution in [1.29, 1.82) is 0 Å². The van der Waals surface area contributed by atoms with Gasteiger partial charge in [0, 0.05) is 41.1 Å². The molecular formula is C29H27ClN6O2. The predicted octanol–water partition coefficient (Wildman–Crippen LogP) is 4.14. The highest BCUT2D eigenvalue weighted by Crippen LogP contribution is 2.33. The molecule has 1 aliphatic rings. The van der Waals surface area contributed by atoms with Gasteiger partial charge in [-0.2, -0.15) is 0 Å². The number of nitrogens with zero attached hydrogens (tertiary/aromatic N) is 3.